The second-order valence-corrected chi connectivity index (χ2v) is 5.91. The van der Waals surface area contributed by atoms with E-state index in [1.165, 1.54) is 13.0 Å². The Balaban J connectivity index is 3.49. The summed E-state index contributed by atoms with van der Waals surface area (Å²) >= 11 is 0. The Morgan fingerprint density at radius 2 is 1.89 bits per heavy atom. The van der Waals surface area contributed by atoms with Gasteiger partial charge < -0.3 is 5.32 Å². The third-order valence-corrected chi connectivity index (χ3v) is 3.48. The third-order valence-electron chi connectivity index (χ3n) is 2.57. The number of carbonyl (C=O) groups excluding carboxylic acids is 1. The monoisotopic (exact) mass is 271 g/mol. The van der Waals surface area contributed by atoms with Crippen LogP contribution in [0.1, 0.15) is 37.8 Å². The van der Waals surface area contributed by atoms with E-state index in [9.17, 15) is 17.8 Å². The van der Waals surface area contributed by atoms with Crippen LogP contribution in [0.4, 0.5) is 5.69 Å². The molecular weight excluding hydrogens is 254 g/mol. The van der Waals surface area contributed by atoms with Gasteiger partial charge >= 0.3 is 0 Å². The molecule has 0 aromatic heterocycles. The van der Waals surface area contributed by atoms with E-state index in [0.29, 0.717) is 16.8 Å². The molecule has 0 fully saturated rings. The van der Waals surface area contributed by atoms with Crippen LogP contribution < -0.4 is 5.32 Å². The maximum Gasteiger partial charge on any atom is 0.294 e. The predicted octanol–water partition coefficient (Wildman–Crippen LogP) is 2.32. The molecule has 0 bridgehead atoms. The van der Waals surface area contributed by atoms with Crippen molar-refractivity contribution in [2.24, 2.45) is 0 Å². The molecule has 0 spiro atoms. The number of benzene rings is 1. The summed E-state index contributed by atoms with van der Waals surface area (Å²) in [4.78, 5) is 10.9. The van der Waals surface area contributed by atoms with Crippen molar-refractivity contribution >= 4 is 21.7 Å². The van der Waals surface area contributed by atoms with Crippen LogP contribution in [0.2, 0.25) is 0 Å². The highest BCUT2D eigenvalue weighted by atomic mass is 32.2. The smallest absolute Gasteiger partial charge is 0.294 e. The van der Waals surface area contributed by atoms with Crippen LogP contribution in [-0.2, 0) is 14.9 Å². The van der Waals surface area contributed by atoms with Gasteiger partial charge in [-0.2, -0.15) is 8.42 Å². The second kappa shape index (κ2) is 5.07. The Labute approximate surface area is 107 Å². The zero-order chi connectivity index (χ0) is 14.1. The average molecular weight is 271 g/mol. The fourth-order valence-corrected chi connectivity index (χ4v) is 2.62. The number of carbonyl (C=O) groups is 1. The van der Waals surface area contributed by atoms with Gasteiger partial charge in [0.1, 0.15) is 0 Å². The van der Waals surface area contributed by atoms with Crippen molar-refractivity contribution in [2.45, 2.75) is 38.5 Å². The van der Waals surface area contributed by atoms with Crippen molar-refractivity contribution in [2.75, 3.05) is 5.32 Å². The van der Waals surface area contributed by atoms with Gasteiger partial charge in [0, 0.05) is 12.6 Å². The molecule has 1 aromatic carbocycles. The average Bonchev–Trinajstić information content (AvgIpc) is 2.17. The summed E-state index contributed by atoms with van der Waals surface area (Å²) in [5, 5.41) is 2.63. The van der Waals surface area contributed by atoms with Gasteiger partial charge in [-0.25, -0.2) is 0 Å². The summed E-state index contributed by atoms with van der Waals surface area (Å²) in [6.07, 6.45) is 0. The third kappa shape index (κ3) is 3.30. The van der Waals surface area contributed by atoms with E-state index < -0.39 is 10.1 Å². The van der Waals surface area contributed by atoms with Gasteiger partial charge in [-0.1, -0.05) is 13.8 Å². The molecule has 5 nitrogen and oxygen atoms in total. The van der Waals surface area contributed by atoms with Gasteiger partial charge in [0.2, 0.25) is 5.91 Å². The Morgan fingerprint density at radius 3 is 2.28 bits per heavy atom. The van der Waals surface area contributed by atoms with E-state index in [1.54, 1.807) is 13.0 Å². The lowest BCUT2D eigenvalue weighted by Gasteiger charge is -2.15. The summed E-state index contributed by atoms with van der Waals surface area (Å²) in [6, 6.07) is 2.96. The molecule has 6 heteroatoms. The van der Waals surface area contributed by atoms with Crippen molar-refractivity contribution in [3.8, 4) is 0 Å². The topological polar surface area (TPSA) is 83.5 Å². The van der Waals surface area contributed by atoms with Crippen molar-refractivity contribution in [1.29, 1.82) is 0 Å². The highest BCUT2D eigenvalue weighted by molar-refractivity contribution is 7.85. The van der Waals surface area contributed by atoms with Gasteiger partial charge in [0.25, 0.3) is 10.1 Å². The molecule has 0 atom stereocenters. The Kier molecular flexibility index (Phi) is 4.13. The molecule has 0 aliphatic heterocycles. The normalized spacial score (nSPS) is 11.7. The maximum absolute atomic E-state index is 11.3. The standard InChI is InChI=1S/C12H17NO4S/c1-7(2)10-6-11(13-9(4)14)8(3)5-12(10)18(15,16)17/h5-7H,1-4H3,(H,13,14)(H,15,16,17). The summed E-state index contributed by atoms with van der Waals surface area (Å²) in [5.74, 6) is -0.317. The van der Waals surface area contributed by atoms with Gasteiger partial charge in [-0.3, -0.25) is 9.35 Å². The number of nitrogens with one attached hydrogen (secondary N) is 1. The van der Waals surface area contributed by atoms with E-state index >= 15 is 0 Å². The van der Waals surface area contributed by atoms with Crippen molar-refractivity contribution in [3.05, 3.63) is 23.3 Å². The molecule has 0 saturated carbocycles. The molecule has 0 radical (unpaired) electrons. The Morgan fingerprint density at radius 1 is 1.33 bits per heavy atom. The van der Waals surface area contributed by atoms with E-state index in [2.05, 4.69) is 5.32 Å². The fourth-order valence-electron chi connectivity index (χ4n) is 1.70. The number of rotatable bonds is 3. The number of amides is 1. The first-order valence-electron chi connectivity index (χ1n) is 5.52. The molecule has 1 rings (SSSR count). The number of hydrogen-bond acceptors (Lipinski definition) is 3. The first-order valence-corrected chi connectivity index (χ1v) is 6.96. The van der Waals surface area contributed by atoms with Crippen molar-refractivity contribution in [3.63, 3.8) is 0 Å². The molecule has 2 N–H and O–H groups in total. The van der Waals surface area contributed by atoms with E-state index in [-0.39, 0.29) is 16.7 Å². The van der Waals surface area contributed by atoms with Crippen LogP contribution in [0.3, 0.4) is 0 Å². The summed E-state index contributed by atoms with van der Waals surface area (Å²) in [7, 11) is -4.26. The van der Waals surface area contributed by atoms with Gasteiger partial charge in [-0.15, -0.1) is 0 Å². The Hall–Kier alpha value is -1.40. The van der Waals surface area contributed by atoms with Crippen LogP contribution in [0.25, 0.3) is 0 Å². The van der Waals surface area contributed by atoms with E-state index in [1.807, 2.05) is 13.8 Å². The molecule has 0 unspecified atom stereocenters. The zero-order valence-corrected chi connectivity index (χ0v) is 11.6. The van der Waals surface area contributed by atoms with Crippen LogP contribution >= 0.6 is 0 Å². The minimum Gasteiger partial charge on any atom is -0.326 e. The maximum atomic E-state index is 11.3. The summed E-state index contributed by atoms with van der Waals surface area (Å²) < 4.78 is 31.8. The van der Waals surface area contributed by atoms with Crippen molar-refractivity contribution < 1.29 is 17.8 Å². The lowest BCUT2D eigenvalue weighted by Crippen LogP contribution is -2.11. The minimum absolute atomic E-state index is 0.0879. The molecule has 1 amide bonds. The van der Waals surface area contributed by atoms with E-state index in [4.69, 9.17) is 0 Å². The number of anilines is 1. The molecule has 0 saturated heterocycles. The number of hydrogen-bond donors (Lipinski definition) is 2. The van der Waals surface area contributed by atoms with Crippen LogP contribution in [-0.4, -0.2) is 18.9 Å². The lowest BCUT2D eigenvalue weighted by molar-refractivity contribution is -0.114. The SMILES string of the molecule is CC(=O)Nc1cc(C(C)C)c(S(=O)(=O)O)cc1C. The zero-order valence-electron chi connectivity index (χ0n) is 10.8. The minimum atomic E-state index is -4.26. The van der Waals surface area contributed by atoms with Gasteiger partial charge in [0.05, 0.1) is 4.90 Å². The van der Waals surface area contributed by atoms with Crippen LogP contribution in [0, 0.1) is 6.92 Å². The second-order valence-electron chi connectivity index (χ2n) is 4.52. The Bertz CT molecular complexity index is 576. The van der Waals surface area contributed by atoms with Gasteiger partial charge in [0.15, 0.2) is 0 Å². The predicted molar refractivity (Wildman–Crippen MR) is 69.4 cm³/mol. The molecular formula is C12H17NO4S. The van der Waals surface area contributed by atoms with Crippen LogP contribution in [0.15, 0.2) is 17.0 Å². The molecule has 1 aromatic rings. The van der Waals surface area contributed by atoms with Gasteiger partial charge in [-0.05, 0) is 36.1 Å². The largest absolute Gasteiger partial charge is 0.326 e. The quantitative estimate of drug-likeness (QED) is 0.826. The highest BCUT2D eigenvalue weighted by Gasteiger charge is 2.19. The highest BCUT2D eigenvalue weighted by Crippen LogP contribution is 2.29. The first kappa shape index (κ1) is 14.7. The molecule has 18 heavy (non-hydrogen) atoms. The number of aryl methyl sites for hydroxylation is 1. The summed E-state index contributed by atoms with van der Waals surface area (Å²) in [6.45, 7) is 6.68. The molecule has 0 heterocycles. The molecule has 0 aliphatic carbocycles. The van der Waals surface area contributed by atoms with E-state index in [0.717, 1.165) is 0 Å². The molecule has 0 aliphatic rings. The fraction of sp³-hybridized carbons (Fsp3) is 0.417. The summed E-state index contributed by atoms with van der Waals surface area (Å²) in [5.41, 5.74) is 1.62. The van der Waals surface area contributed by atoms with Crippen LogP contribution in [0.5, 0.6) is 0 Å². The molecule has 100 valence electrons. The first-order chi connectivity index (χ1) is 8.12. The van der Waals surface area contributed by atoms with Crippen molar-refractivity contribution in [1.82, 2.24) is 0 Å². The lowest BCUT2D eigenvalue weighted by atomic mass is 10.0.